The molecule has 0 spiro atoms. The van der Waals surface area contributed by atoms with E-state index in [0.29, 0.717) is 5.92 Å². The van der Waals surface area contributed by atoms with Gasteiger partial charge in [-0.1, -0.05) is 13.8 Å². The Morgan fingerprint density at radius 1 is 1.60 bits per heavy atom. The van der Waals surface area contributed by atoms with Gasteiger partial charge in [-0.15, -0.1) is 0 Å². The Kier molecular flexibility index (Phi) is 5.61. The minimum atomic E-state index is 0.691. The standard InChI is InChI=1S/C11H21N3S/c1-4-5-12-11-13-6-7-14(11)8-10(2)9-15-3/h6-7,10H,4-5,8-9H2,1-3H3,(H,12,13). The Bertz CT molecular complexity index is 273. The first-order valence-corrected chi connectivity index (χ1v) is 6.91. The fourth-order valence-corrected chi connectivity index (χ4v) is 2.21. The van der Waals surface area contributed by atoms with Gasteiger partial charge in [-0.3, -0.25) is 0 Å². The summed E-state index contributed by atoms with van der Waals surface area (Å²) in [5.41, 5.74) is 0. The van der Waals surface area contributed by atoms with Crippen LogP contribution in [0.3, 0.4) is 0 Å². The zero-order valence-electron chi connectivity index (χ0n) is 9.86. The van der Waals surface area contributed by atoms with Crippen molar-refractivity contribution >= 4 is 17.7 Å². The number of nitrogens with one attached hydrogen (secondary N) is 1. The zero-order chi connectivity index (χ0) is 11.1. The maximum absolute atomic E-state index is 4.31. The molecule has 0 aliphatic carbocycles. The van der Waals surface area contributed by atoms with Crippen molar-refractivity contribution in [3.05, 3.63) is 12.4 Å². The summed E-state index contributed by atoms with van der Waals surface area (Å²) in [5, 5.41) is 3.34. The molecule has 1 aromatic rings. The van der Waals surface area contributed by atoms with Crippen molar-refractivity contribution < 1.29 is 0 Å². The molecule has 15 heavy (non-hydrogen) atoms. The van der Waals surface area contributed by atoms with Gasteiger partial charge in [0, 0.05) is 25.5 Å². The lowest BCUT2D eigenvalue weighted by atomic mass is 10.2. The van der Waals surface area contributed by atoms with Crippen LogP contribution >= 0.6 is 11.8 Å². The van der Waals surface area contributed by atoms with E-state index >= 15 is 0 Å². The van der Waals surface area contributed by atoms with Crippen molar-refractivity contribution in [3.8, 4) is 0 Å². The summed E-state index contributed by atoms with van der Waals surface area (Å²) in [6, 6.07) is 0. The zero-order valence-corrected chi connectivity index (χ0v) is 10.7. The van der Waals surface area contributed by atoms with Crippen LogP contribution in [0.5, 0.6) is 0 Å². The molecule has 0 aliphatic rings. The first kappa shape index (κ1) is 12.4. The van der Waals surface area contributed by atoms with Crippen molar-refractivity contribution in [2.75, 3.05) is 23.9 Å². The summed E-state index contributed by atoms with van der Waals surface area (Å²) in [7, 11) is 0. The number of rotatable bonds is 7. The highest BCUT2D eigenvalue weighted by molar-refractivity contribution is 7.98. The Hall–Kier alpha value is -0.640. The van der Waals surface area contributed by atoms with Crippen molar-refractivity contribution in [2.24, 2.45) is 5.92 Å². The first-order valence-electron chi connectivity index (χ1n) is 5.51. The average Bonchev–Trinajstić information content (AvgIpc) is 2.63. The number of hydrogen-bond donors (Lipinski definition) is 1. The minimum absolute atomic E-state index is 0.691. The van der Waals surface area contributed by atoms with Gasteiger partial charge in [-0.25, -0.2) is 4.98 Å². The van der Waals surface area contributed by atoms with E-state index in [9.17, 15) is 0 Å². The van der Waals surface area contributed by atoms with Gasteiger partial charge in [-0.05, 0) is 24.3 Å². The summed E-state index contributed by atoms with van der Waals surface area (Å²) in [6.45, 7) is 6.48. The third-order valence-electron chi connectivity index (χ3n) is 2.21. The Morgan fingerprint density at radius 2 is 2.40 bits per heavy atom. The molecule has 1 unspecified atom stereocenters. The van der Waals surface area contributed by atoms with Crippen molar-refractivity contribution in [1.82, 2.24) is 9.55 Å². The van der Waals surface area contributed by atoms with Crippen LogP contribution in [0.25, 0.3) is 0 Å². The second-order valence-corrected chi connectivity index (χ2v) is 4.80. The number of imidazole rings is 1. The van der Waals surface area contributed by atoms with Crippen LogP contribution in [0.4, 0.5) is 5.95 Å². The van der Waals surface area contributed by atoms with Crippen LogP contribution in [0, 0.1) is 5.92 Å². The molecule has 1 N–H and O–H groups in total. The molecule has 0 saturated carbocycles. The molecule has 3 nitrogen and oxygen atoms in total. The number of hydrogen-bond acceptors (Lipinski definition) is 3. The second kappa shape index (κ2) is 6.77. The van der Waals surface area contributed by atoms with Crippen LogP contribution in [-0.2, 0) is 6.54 Å². The molecule has 0 fully saturated rings. The third-order valence-corrected chi connectivity index (χ3v) is 3.11. The highest BCUT2D eigenvalue weighted by Crippen LogP contribution is 2.11. The van der Waals surface area contributed by atoms with Crippen LogP contribution in [0.15, 0.2) is 12.4 Å². The van der Waals surface area contributed by atoms with Gasteiger partial charge in [0.15, 0.2) is 0 Å². The number of anilines is 1. The first-order chi connectivity index (χ1) is 7.27. The largest absolute Gasteiger partial charge is 0.356 e. The summed E-state index contributed by atoms with van der Waals surface area (Å²) in [4.78, 5) is 4.31. The van der Waals surface area contributed by atoms with Crippen LogP contribution in [-0.4, -0.2) is 28.1 Å². The predicted molar refractivity (Wildman–Crippen MR) is 68.6 cm³/mol. The lowest BCUT2D eigenvalue weighted by Crippen LogP contribution is -2.13. The van der Waals surface area contributed by atoms with E-state index in [1.807, 2.05) is 18.0 Å². The van der Waals surface area contributed by atoms with E-state index in [1.54, 1.807) is 0 Å². The molecule has 1 heterocycles. The minimum Gasteiger partial charge on any atom is -0.356 e. The number of nitrogens with zero attached hydrogens (tertiary/aromatic N) is 2. The van der Waals surface area contributed by atoms with Gasteiger partial charge in [-0.2, -0.15) is 11.8 Å². The van der Waals surface area contributed by atoms with Crippen LogP contribution < -0.4 is 5.32 Å². The van der Waals surface area contributed by atoms with Crippen molar-refractivity contribution in [3.63, 3.8) is 0 Å². The number of aromatic nitrogens is 2. The molecular formula is C11H21N3S. The van der Waals surface area contributed by atoms with E-state index < -0.39 is 0 Å². The van der Waals surface area contributed by atoms with E-state index in [4.69, 9.17) is 0 Å². The average molecular weight is 227 g/mol. The molecule has 1 rings (SSSR count). The Balaban J connectivity index is 2.48. The fourth-order valence-electron chi connectivity index (χ4n) is 1.53. The van der Waals surface area contributed by atoms with Crippen molar-refractivity contribution in [2.45, 2.75) is 26.8 Å². The lowest BCUT2D eigenvalue weighted by molar-refractivity contribution is 0.534. The Labute approximate surface area is 96.7 Å². The fraction of sp³-hybridized carbons (Fsp3) is 0.727. The monoisotopic (exact) mass is 227 g/mol. The molecule has 0 radical (unpaired) electrons. The summed E-state index contributed by atoms with van der Waals surface area (Å²) < 4.78 is 2.20. The normalized spacial score (nSPS) is 12.7. The molecule has 0 aliphatic heterocycles. The second-order valence-electron chi connectivity index (χ2n) is 3.89. The van der Waals surface area contributed by atoms with Gasteiger partial charge >= 0.3 is 0 Å². The van der Waals surface area contributed by atoms with Crippen LogP contribution in [0.1, 0.15) is 20.3 Å². The highest BCUT2D eigenvalue weighted by atomic mass is 32.2. The maximum atomic E-state index is 4.31. The quantitative estimate of drug-likeness (QED) is 0.776. The lowest BCUT2D eigenvalue weighted by Gasteiger charge is -2.13. The summed E-state index contributed by atoms with van der Waals surface area (Å²) in [5.74, 6) is 2.90. The molecule has 1 atom stereocenters. The summed E-state index contributed by atoms with van der Waals surface area (Å²) in [6.07, 6.45) is 7.20. The van der Waals surface area contributed by atoms with Gasteiger partial charge in [0.1, 0.15) is 0 Å². The van der Waals surface area contributed by atoms with E-state index in [0.717, 1.165) is 25.5 Å². The molecule has 0 amide bonds. The van der Waals surface area contributed by atoms with E-state index in [2.05, 4.69) is 41.2 Å². The van der Waals surface area contributed by atoms with Gasteiger partial charge in [0.2, 0.25) is 5.95 Å². The van der Waals surface area contributed by atoms with E-state index in [1.165, 1.54) is 5.75 Å². The van der Waals surface area contributed by atoms with Gasteiger partial charge < -0.3 is 9.88 Å². The summed E-state index contributed by atoms with van der Waals surface area (Å²) >= 11 is 1.90. The topological polar surface area (TPSA) is 29.9 Å². The van der Waals surface area contributed by atoms with E-state index in [-0.39, 0.29) is 0 Å². The third kappa shape index (κ3) is 4.16. The number of thioether (sulfide) groups is 1. The van der Waals surface area contributed by atoms with Crippen molar-refractivity contribution in [1.29, 1.82) is 0 Å². The predicted octanol–water partition coefficient (Wildman–Crippen LogP) is 2.70. The Morgan fingerprint density at radius 3 is 3.07 bits per heavy atom. The molecule has 86 valence electrons. The SMILES string of the molecule is CCCNc1nccn1CC(C)CSC. The molecule has 1 aromatic heterocycles. The molecule has 4 heteroatoms. The van der Waals surface area contributed by atoms with Crippen LogP contribution in [0.2, 0.25) is 0 Å². The maximum Gasteiger partial charge on any atom is 0.202 e. The molecule has 0 saturated heterocycles. The van der Waals surface area contributed by atoms with Gasteiger partial charge in [0.05, 0.1) is 0 Å². The van der Waals surface area contributed by atoms with Gasteiger partial charge in [0.25, 0.3) is 0 Å². The smallest absolute Gasteiger partial charge is 0.202 e. The molecule has 0 aromatic carbocycles. The molecule has 0 bridgehead atoms. The highest BCUT2D eigenvalue weighted by Gasteiger charge is 2.06. The molecular weight excluding hydrogens is 206 g/mol.